The fraction of sp³-hybridized carbons (Fsp3) is 0.200. The summed E-state index contributed by atoms with van der Waals surface area (Å²) in [6, 6.07) is 11.2. The van der Waals surface area contributed by atoms with Gasteiger partial charge < -0.3 is 60.2 Å². The minimum atomic E-state index is -2.12. The van der Waals surface area contributed by atoms with E-state index in [1.54, 1.807) is 0 Å². The van der Waals surface area contributed by atoms with Gasteiger partial charge in [-0.1, -0.05) is 6.07 Å². The Kier molecular flexibility index (Phi) is 5.30. The Labute approximate surface area is 236 Å². The van der Waals surface area contributed by atoms with Crippen molar-refractivity contribution < 1.29 is 60.2 Å². The lowest BCUT2D eigenvalue weighted by Gasteiger charge is -2.50. The number of aromatic hydroxyl groups is 7. The summed E-state index contributed by atoms with van der Waals surface area (Å²) in [5.74, 6) is -6.17. The number of ether oxygens (including phenoxy) is 3. The van der Waals surface area contributed by atoms with Crippen molar-refractivity contribution in [2.75, 3.05) is 0 Å². The summed E-state index contributed by atoms with van der Waals surface area (Å²) in [6.45, 7) is 0. The van der Waals surface area contributed by atoms with Gasteiger partial charge in [0.15, 0.2) is 23.0 Å². The number of benzene rings is 4. The molecule has 5 atom stereocenters. The second kappa shape index (κ2) is 8.65. The van der Waals surface area contributed by atoms with Crippen LogP contribution in [0.1, 0.15) is 39.8 Å². The molecule has 0 aliphatic carbocycles. The van der Waals surface area contributed by atoms with Crippen LogP contribution < -0.4 is 14.2 Å². The van der Waals surface area contributed by atoms with E-state index < -0.39 is 53.0 Å². The van der Waals surface area contributed by atoms with Crippen molar-refractivity contribution in [3.05, 3.63) is 82.4 Å². The summed E-state index contributed by atoms with van der Waals surface area (Å²) < 4.78 is 18.6. The molecule has 42 heavy (non-hydrogen) atoms. The summed E-state index contributed by atoms with van der Waals surface area (Å²) in [4.78, 5) is 0. The van der Waals surface area contributed by atoms with Crippen LogP contribution >= 0.6 is 0 Å². The minimum Gasteiger partial charge on any atom is -0.508 e. The molecule has 3 aliphatic heterocycles. The van der Waals surface area contributed by atoms with Crippen LogP contribution in [-0.4, -0.2) is 58.2 Å². The third-order valence-electron chi connectivity index (χ3n) is 8.03. The minimum absolute atomic E-state index is 0.0166. The van der Waals surface area contributed by atoms with Crippen molar-refractivity contribution in [1.82, 2.24) is 0 Å². The van der Waals surface area contributed by atoms with Gasteiger partial charge in [0.1, 0.15) is 46.7 Å². The van der Waals surface area contributed by atoms with E-state index in [0.29, 0.717) is 11.1 Å². The molecular weight excluding hydrogens is 552 g/mol. The molecule has 9 N–H and O–H groups in total. The van der Waals surface area contributed by atoms with Gasteiger partial charge in [-0.05, 0) is 35.9 Å². The monoisotopic (exact) mass is 576 g/mol. The van der Waals surface area contributed by atoms with Gasteiger partial charge in [-0.2, -0.15) is 0 Å². The average Bonchev–Trinajstić information content (AvgIpc) is 2.92. The standard InChI is InChI=1S/C30H24O12/c31-13-7-19(36)24-23(8-13)41-30(12-2-4-16(33)18(35)6-12)29(39)26(24)25-20(37)10-22-14(28(25)42-30)9-21(38)27(40-22)11-1-3-15(32)17(34)5-11/h1-8,10,21,26-27,29,31-39H,9H2/t21-,26+,27-,29-,30-/m1/s1. The predicted molar refractivity (Wildman–Crippen MR) is 141 cm³/mol. The van der Waals surface area contributed by atoms with Crippen molar-refractivity contribution in [3.8, 4) is 57.5 Å². The van der Waals surface area contributed by atoms with Gasteiger partial charge >= 0.3 is 5.79 Å². The summed E-state index contributed by atoms with van der Waals surface area (Å²) in [5, 5.41) is 95.1. The molecule has 0 unspecified atom stereocenters. The molecule has 0 radical (unpaired) electrons. The van der Waals surface area contributed by atoms with Gasteiger partial charge in [0.05, 0.1) is 12.0 Å². The zero-order valence-corrected chi connectivity index (χ0v) is 21.5. The lowest BCUT2D eigenvalue weighted by Crippen LogP contribution is -2.57. The van der Waals surface area contributed by atoms with E-state index in [1.165, 1.54) is 42.5 Å². The molecule has 7 rings (SSSR count). The average molecular weight is 577 g/mol. The van der Waals surface area contributed by atoms with E-state index >= 15 is 0 Å². The van der Waals surface area contributed by atoms with E-state index in [2.05, 4.69) is 0 Å². The zero-order valence-electron chi connectivity index (χ0n) is 21.5. The number of fused-ring (bicyclic) bond motifs is 8. The summed E-state index contributed by atoms with van der Waals surface area (Å²) >= 11 is 0. The first-order chi connectivity index (χ1) is 20.0. The molecule has 12 heteroatoms. The maximum absolute atomic E-state index is 11.8. The second-order valence-corrected chi connectivity index (χ2v) is 10.5. The van der Waals surface area contributed by atoms with Crippen molar-refractivity contribution >= 4 is 0 Å². The third-order valence-corrected chi connectivity index (χ3v) is 8.03. The number of aliphatic hydroxyl groups excluding tert-OH is 2. The van der Waals surface area contributed by atoms with E-state index in [0.717, 1.165) is 12.1 Å². The van der Waals surface area contributed by atoms with Gasteiger partial charge in [-0.25, -0.2) is 0 Å². The molecule has 12 nitrogen and oxygen atoms in total. The van der Waals surface area contributed by atoms with Crippen LogP contribution in [0.25, 0.3) is 0 Å². The number of hydrogen-bond acceptors (Lipinski definition) is 12. The van der Waals surface area contributed by atoms with Crippen LogP contribution in [0.4, 0.5) is 0 Å². The highest BCUT2D eigenvalue weighted by atomic mass is 16.7. The molecule has 0 amide bonds. The van der Waals surface area contributed by atoms with Crippen molar-refractivity contribution in [2.45, 2.75) is 36.4 Å². The molecule has 0 saturated carbocycles. The number of aliphatic hydroxyl groups is 2. The fourth-order valence-corrected chi connectivity index (χ4v) is 6.09. The Balaban J connectivity index is 1.44. The molecule has 216 valence electrons. The Morgan fingerprint density at radius 1 is 0.643 bits per heavy atom. The topological polar surface area (TPSA) is 210 Å². The van der Waals surface area contributed by atoms with Gasteiger partial charge in [0.25, 0.3) is 0 Å². The van der Waals surface area contributed by atoms with Gasteiger partial charge in [0.2, 0.25) is 0 Å². The van der Waals surface area contributed by atoms with Crippen LogP contribution in [0.3, 0.4) is 0 Å². The Bertz CT molecular complexity index is 1790. The first-order valence-electron chi connectivity index (χ1n) is 12.9. The number of phenols is 7. The van der Waals surface area contributed by atoms with Crippen molar-refractivity contribution in [2.24, 2.45) is 0 Å². The maximum Gasteiger partial charge on any atom is 0.305 e. The smallest absolute Gasteiger partial charge is 0.305 e. The quantitative estimate of drug-likeness (QED) is 0.158. The van der Waals surface area contributed by atoms with Crippen LogP contribution in [0.15, 0.2) is 54.6 Å². The highest BCUT2D eigenvalue weighted by molar-refractivity contribution is 5.68. The second-order valence-electron chi connectivity index (χ2n) is 10.5. The molecule has 0 fully saturated rings. The molecule has 0 aromatic heterocycles. The highest BCUT2D eigenvalue weighted by Crippen LogP contribution is 2.62. The molecule has 3 heterocycles. The van der Waals surface area contributed by atoms with Gasteiger partial charge in [-0.3, -0.25) is 0 Å². The SMILES string of the molecule is Oc1cc(O)c2c(c1)O[C@]1(c3ccc(O)c(O)c3)Oc3c4c(cc(O)c3[C@H]2[C@H]1O)O[C@H](c1ccc(O)c(O)c1)[C@H](O)C4. The predicted octanol–water partition coefficient (Wildman–Crippen LogP) is 2.79. The normalized spacial score (nSPS) is 25.2. The Hall–Kier alpha value is -5.20. The number of phenolic OH excluding ortho intramolecular Hbond substituents is 7. The van der Waals surface area contributed by atoms with Gasteiger partial charge in [0, 0.05) is 46.9 Å². The van der Waals surface area contributed by atoms with Crippen molar-refractivity contribution in [1.29, 1.82) is 0 Å². The van der Waals surface area contributed by atoms with Crippen LogP contribution in [-0.2, 0) is 12.2 Å². The van der Waals surface area contributed by atoms with E-state index in [4.69, 9.17) is 14.2 Å². The third kappa shape index (κ3) is 3.49. The summed E-state index contributed by atoms with van der Waals surface area (Å²) in [5.41, 5.74) is 0.813. The fourth-order valence-electron chi connectivity index (χ4n) is 6.09. The largest absolute Gasteiger partial charge is 0.508 e. The Morgan fingerprint density at radius 2 is 1.33 bits per heavy atom. The lowest BCUT2D eigenvalue weighted by molar-refractivity contribution is -0.219. The molecule has 2 bridgehead atoms. The molecular formula is C30H24O12. The summed E-state index contributed by atoms with van der Waals surface area (Å²) in [7, 11) is 0. The zero-order chi connectivity index (χ0) is 29.7. The maximum atomic E-state index is 11.8. The lowest BCUT2D eigenvalue weighted by atomic mass is 9.74. The van der Waals surface area contributed by atoms with Crippen LogP contribution in [0, 0.1) is 0 Å². The van der Waals surface area contributed by atoms with E-state index in [1.807, 2.05) is 0 Å². The van der Waals surface area contributed by atoms with E-state index in [-0.39, 0.29) is 57.6 Å². The molecule has 3 aliphatic rings. The van der Waals surface area contributed by atoms with E-state index in [9.17, 15) is 46.0 Å². The molecule has 0 spiro atoms. The molecule has 4 aromatic carbocycles. The van der Waals surface area contributed by atoms with Crippen molar-refractivity contribution in [3.63, 3.8) is 0 Å². The van der Waals surface area contributed by atoms with Crippen LogP contribution in [0.2, 0.25) is 0 Å². The number of hydrogen-bond donors (Lipinski definition) is 9. The number of rotatable bonds is 2. The van der Waals surface area contributed by atoms with Gasteiger partial charge in [-0.15, -0.1) is 0 Å². The Morgan fingerprint density at radius 3 is 2.05 bits per heavy atom. The first-order valence-corrected chi connectivity index (χ1v) is 12.9. The highest BCUT2D eigenvalue weighted by Gasteiger charge is 2.60. The summed E-state index contributed by atoms with van der Waals surface area (Å²) in [6.07, 6.45) is -3.92. The molecule has 4 aromatic rings. The molecule has 0 saturated heterocycles. The van der Waals surface area contributed by atoms with Crippen LogP contribution in [0.5, 0.6) is 57.5 Å². The first kappa shape index (κ1) is 25.7.